The second-order valence-corrected chi connectivity index (χ2v) is 8.45. The third kappa shape index (κ3) is 4.56. The monoisotopic (exact) mass is 421 g/mol. The molecule has 2 aromatic heterocycles. The van der Waals surface area contributed by atoms with Crippen molar-refractivity contribution in [2.45, 2.75) is 33.2 Å². The van der Waals surface area contributed by atoms with Crippen molar-refractivity contribution < 1.29 is 9.53 Å². The van der Waals surface area contributed by atoms with E-state index >= 15 is 0 Å². The molecule has 0 atom stereocenters. The van der Waals surface area contributed by atoms with Crippen molar-refractivity contribution in [1.29, 1.82) is 0 Å². The van der Waals surface area contributed by atoms with Gasteiger partial charge in [0.1, 0.15) is 5.75 Å². The van der Waals surface area contributed by atoms with Gasteiger partial charge in [0.25, 0.3) is 5.91 Å². The third-order valence-corrected chi connectivity index (χ3v) is 6.01. The first-order valence-corrected chi connectivity index (χ1v) is 11.0. The van der Waals surface area contributed by atoms with Crippen LogP contribution in [0.15, 0.2) is 36.5 Å². The van der Waals surface area contributed by atoms with E-state index in [0.29, 0.717) is 5.56 Å². The van der Waals surface area contributed by atoms with Gasteiger partial charge in [0.15, 0.2) is 5.65 Å². The van der Waals surface area contributed by atoms with Crippen LogP contribution in [0.3, 0.4) is 0 Å². The minimum Gasteiger partial charge on any atom is -0.497 e. The molecule has 0 N–H and O–H groups in total. The quantitative estimate of drug-likeness (QED) is 0.611. The van der Waals surface area contributed by atoms with Gasteiger partial charge >= 0.3 is 0 Å². The molecule has 0 saturated carbocycles. The number of aryl methyl sites for hydroxylation is 1. The van der Waals surface area contributed by atoms with Gasteiger partial charge in [-0.3, -0.25) is 9.69 Å². The zero-order chi connectivity index (χ0) is 22.0. The first kappa shape index (κ1) is 21.3. The summed E-state index contributed by atoms with van der Waals surface area (Å²) < 4.78 is 7.12. The molecule has 4 rings (SSSR count). The topological polar surface area (TPSA) is 63.5 Å². The van der Waals surface area contributed by atoms with Crippen molar-refractivity contribution >= 4 is 16.9 Å². The average molecular weight is 422 g/mol. The number of methoxy groups -OCH3 is 1. The molecule has 0 aliphatic carbocycles. The lowest BCUT2D eigenvalue weighted by atomic mass is 10.1. The first-order chi connectivity index (χ1) is 15.0. The summed E-state index contributed by atoms with van der Waals surface area (Å²) in [6, 6.07) is 10.4. The van der Waals surface area contributed by atoms with Crippen LogP contribution in [0.2, 0.25) is 0 Å². The Hall–Kier alpha value is -2.93. The van der Waals surface area contributed by atoms with E-state index in [9.17, 15) is 4.79 Å². The number of carbonyl (C=O) groups excluding carboxylic acids is 1. The SMILES string of the molecule is COc1ccc(CCN2CCN(C(=O)c3cc4cnn(C(C)C)c4nc3C)CC2)cc1. The van der Waals surface area contributed by atoms with Crippen molar-refractivity contribution in [3.63, 3.8) is 0 Å². The first-order valence-electron chi connectivity index (χ1n) is 11.0. The van der Waals surface area contributed by atoms with Gasteiger partial charge in [0.2, 0.25) is 0 Å². The zero-order valence-electron chi connectivity index (χ0n) is 18.8. The minimum atomic E-state index is 0.0685. The van der Waals surface area contributed by atoms with Crippen molar-refractivity contribution in [3.05, 3.63) is 53.3 Å². The second-order valence-electron chi connectivity index (χ2n) is 8.45. The zero-order valence-corrected chi connectivity index (χ0v) is 18.8. The van der Waals surface area contributed by atoms with Crippen LogP contribution < -0.4 is 4.74 Å². The van der Waals surface area contributed by atoms with Crippen LogP contribution in [-0.2, 0) is 6.42 Å². The number of nitrogens with zero attached hydrogens (tertiary/aromatic N) is 5. The molecule has 1 aliphatic heterocycles. The van der Waals surface area contributed by atoms with E-state index in [1.165, 1.54) is 5.56 Å². The number of piperazine rings is 1. The normalized spacial score (nSPS) is 15.1. The fraction of sp³-hybridized carbons (Fsp3) is 0.458. The summed E-state index contributed by atoms with van der Waals surface area (Å²) >= 11 is 0. The predicted octanol–water partition coefficient (Wildman–Crippen LogP) is 3.33. The lowest BCUT2D eigenvalue weighted by molar-refractivity contribution is 0.0637. The van der Waals surface area contributed by atoms with Crippen molar-refractivity contribution in [2.75, 3.05) is 39.8 Å². The summed E-state index contributed by atoms with van der Waals surface area (Å²) in [6.45, 7) is 10.3. The number of rotatable bonds is 6. The van der Waals surface area contributed by atoms with E-state index in [-0.39, 0.29) is 11.9 Å². The molecule has 7 heteroatoms. The Labute approximate surface area is 183 Å². The lowest BCUT2D eigenvalue weighted by Gasteiger charge is -2.35. The van der Waals surface area contributed by atoms with E-state index in [1.807, 2.05) is 34.7 Å². The molecule has 1 fully saturated rings. The molecule has 1 aromatic carbocycles. The second kappa shape index (κ2) is 9.06. The van der Waals surface area contributed by atoms with E-state index in [2.05, 4.69) is 36.0 Å². The standard InChI is InChI=1S/C24H31N5O2/c1-17(2)29-23-20(16-25-29)15-22(18(3)26-23)24(30)28-13-11-27(12-14-28)10-9-19-5-7-21(31-4)8-6-19/h5-8,15-17H,9-14H2,1-4H3. The van der Waals surface area contributed by atoms with E-state index in [1.54, 1.807) is 13.3 Å². The molecule has 0 unspecified atom stereocenters. The number of ether oxygens (including phenoxy) is 1. The molecule has 1 aliphatic rings. The Bertz CT molecular complexity index is 1050. The highest BCUT2D eigenvalue weighted by molar-refractivity contribution is 5.98. The maximum Gasteiger partial charge on any atom is 0.255 e. The maximum absolute atomic E-state index is 13.2. The molecule has 3 heterocycles. The summed E-state index contributed by atoms with van der Waals surface area (Å²) in [4.78, 5) is 22.3. The number of carbonyl (C=O) groups is 1. The Morgan fingerprint density at radius 3 is 2.48 bits per heavy atom. The number of aromatic nitrogens is 3. The van der Waals surface area contributed by atoms with Gasteiger partial charge in [0, 0.05) is 44.2 Å². The number of amides is 1. The van der Waals surface area contributed by atoms with Crippen LogP contribution in [0.1, 0.15) is 41.5 Å². The minimum absolute atomic E-state index is 0.0685. The molecule has 0 bridgehead atoms. The average Bonchev–Trinajstić information content (AvgIpc) is 3.20. The highest BCUT2D eigenvalue weighted by Gasteiger charge is 2.24. The smallest absolute Gasteiger partial charge is 0.255 e. The summed E-state index contributed by atoms with van der Waals surface area (Å²) in [5.41, 5.74) is 3.59. The number of hydrogen-bond donors (Lipinski definition) is 0. The molecule has 0 radical (unpaired) electrons. The molecule has 3 aromatic rings. The summed E-state index contributed by atoms with van der Waals surface area (Å²) in [5.74, 6) is 0.953. The van der Waals surface area contributed by atoms with E-state index in [4.69, 9.17) is 9.72 Å². The summed E-state index contributed by atoms with van der Waals surface area (Å²) in [5, 5.41) is 5.35. The molecule has 1 saturated heterocycles. The predicted molar refractivity (Wildman–Crippen MR) is 122 cm³/mol. The molecule has 31 heavy (non-hydrogen) atoms. The number of hydrogen-bond acceptors (Lipinski definition) is 5. The van der Waals surface area contributed by atoms with Gasteiger partial charge in [-0.25, -0.2) is 9.67 Å². The summed E-state index contributed by atoms with van der Waals surface area (Å²) in [7, 11) is 1.68. The van der Waals surface area contributed by atoms with Gasteiger partial charge in [-0.05, 0) is 51.0 Å². The van der Waals surface area contributed by atoms with Crippen LogP contribution in [-0.4, -0.2) is 70.3 Å². The van der Waals surface area contributed by atoms with E-state index in [0.717, 1.165) is 61.6 Å². The van der Waals surface area contributed by atoms with Crippen molar-refractivity contribution in [2.24, 2.45) is 0 Å². The maximum atomic E-state index is 13.2. The van der Waals surface area contributed by atoms with Crippen LogP contribution in [0.25, 0.3) is 11.0 Å². The third-order valence-electron chi connectivity index (χ3n) is 6.01. The Kier molecular flexibility index (Phi) is 6.23. The van der Waals surface area contributed by atoms with E-state index < -0.39 is 0 Å². The summed E-state index contributed by atoms with van der Waals surface area (Å²) in [6.07, 6.45) is 2.80. The molecule has 1 amide bonds. The number of pyridine rings is 1. The fourth-order valence-electron chi connectivity index (χ4n) is 4.08. The fourth-order valence-corrected chi connectivity index (χ4v) is 4.08. The van der Waals surface area contributed by atoms with Crippen LogP contribution >= 0.6 is 0 Å². The highest BCUT2D eigenvalue weighted by atomic mass is 16.5. The molecular weight excluding hydrogens is 390 g/mol. The van der Waals surface area contributed by atoms with Gasteiger partial charge < -0.3 is 9.64 Å². The van der Waals surface area contributed by atoms with Crippen LogP contribution in [0, 0.1) is 6.92 Å². The van der Waals surface area contributed by atoms with Gasteiger partial charge in [0.05, 0.1) is 24.6 Å². The highest BCUT2D eigenvalue weighted by Crippen LogP contribution is 2.21. The van der Waals surface area contributed by atoms with Crippen molar-refractivity contribution in [1.82, 2.24) is 24.6 Å². The largest absolute Gasteiger partial charge is 0.497 e. The number of benzene rings is 1. The Morgan fingerprint density at radius 2 is 1.84 bits per heavy atom. The lowest BCUT2D eigenvalue weighted by Crippen LogP contribution is -2.49. The van der Waals surface area contributed by atoms with Crippen LogP contribution in [0.5, 0.6) is 5.75 Å². The molecule has 164 valence electrons. The van der Waals surface area contributed by atoms with Crippen LogP contribution in [0.4, 0.5) is 0 Å². The number of fused-ring (bicyclic) bond motifs is 1. The van der Waals surface area contributed by atoms with Gasteiger partial charge in [-0.2, -0.15) is 5.10 Å². The van der Waals surface area contributed by atoms with Crippen molar-refractivity contribution in [3.8, 4) is 5.75 Å². The molecule has 7 nitrogen and oxygen atoms in total. The van der Waals surface area contributed by atoms with Gasteiger partial charge in [-0.15, -0.1) is 0 Å². The molecular formula is C24H31N5O2. The Balaban J connectivity index is 1.36. The Morgan fingerprint density at radius 1 is 1.13 bits per heavy atom. The van der Waals surface area contributed by atoms with Gasteiger partial charge in [-0.1, -0.05) is 12.1 Å². The molecule has 0 spiro atoms.